The summed E-state index contributed by atoms with van der Waals surface area (Å²) in [4.78, 5) is 9.88. The molecule has 1 N–H and O–H groups in total. The number of nitrogens with one attached hydrogen (secondary N) is 1. The molecule has 0 aliphatic carbocycles. The van der Waals surface area contributed by atoms with Gasteiger partial charge >= 0.3 is 0 Å². The topological polar surface area (TPSA) is 29.1 Å². The fourth-order valence-electron chi connectivity index (χ4n) is 1.38. The van der Waals surface area contributed by atoms with Crippen LogP contribution in [-0.2, 0) is 4.79 Å². The van der Waals surface area contributed by atoms with Gasteiger partial charge in [-0.05, 0) is 26.4 Å². The third-order valence-corrected chi connectivity index (χ3v) is 2.21. The second kappa shape index (κ2) is 11.6. The summed E-state index contributed by atoms with van der Waals surface area (Å²) in [6.45, 7) is 1.14. The highest BCUT2D eigenvalue weighted by Crippen LogP contribution is 2.07. The highest BCUT2D eigenvalue weighted by molar-refractivity contribution is 5.50. The normalized spacial score (nSPS) is 10.2. The summed E-state index contributed by atoms with van der Waals surface area (Å²) in [5.74, 6) is 0. The van der Waals surface area contributed by atoms with Gasteiger partial charge in [0.05, 0.1) is 0 Å². The fraction of sp³-hybridized carbons (Fsp3) is 0.909. The number of hydrogen-bond donors (Lipinski definition) is 1. The molecule has 2 heteroatoms. The van der Waals surface area contributed by atoms with E-state index in [4.69, 9.17) is 0 Å². The third kappa shape index (κ3) is 11.6. The van der Waals surface area contributed by atoms with Crippen molar-refractivity contribution in [2.45, 2.75) is 51.4 Å². The molecule has 0 spiro atoms. The van der Waals surface area contributed by atoms with Crippen LogP contribution in [0.5, 0.6) is 0 Å². The van der Waals surface area contributed by atoms with E-state index in [1.807, 2.05) is 13.3 Å². The SMILES string of the molecule is CNCCCCCCCCC[C]=O. The van der Waals surface area contributed by atoms with Crippen LogP contribution in [0.1, 0.15) is 51.4 Å². The summed E-state index contributed by atoms with van der Waals surface area (Å²) in [7, 11) is 2.00. The van der Waals surface area contributed by atoms with Crippen LogP contribution in [0.4, 0.5) is 0 Å². The Balaban J connectivity index is 2.79. The van der Waals surface area contributed by atoms with Crippen LogP contribution < -0.4 is 5.32 Å². The molecular formula is C11H22NO. The zero-order valence-electron chi connectivity index (χ0n) is 8.77. The van der Waals surface area contributed by atoms with E-state index in [0.717, 1.165) is 13.0 Å². The molecule has 0 aromatic rings. The highest BCUT2D eigenvalue weighted by Gasteiger charge is 1.91. The third-order valence-electron chi connectivity index (χ3n) is 2.21. The maximum atomic E-state index is 9.88. The Morgan fingerprint density at radius 2 is 1.46 bits per heavy atom. The molecule has 1 radical (unpaired) electrons. The summed E-state index contributed by atoms with van der Waals surface area (Å²) >= 11 is 0. The van der Waals surface area contributed by atoms with Crippen molar-refractivity contribution in [1.82, 2.24) is 5.32 Å². The highest BCUT2D eigenvalue weighted by atomic mass is 16.1. The fourth-order valence-corrected chi connectivity index (χ4v) is 1.38. The first-order valence-electron chi connectivity index (χ1n) is 5.41. The van der Waals surface area contributed by atoms with Crippen molar-refractivity contribution in [2.75, 3.05) is 13.6 Å². The van der Waals surface area contributed by atoms with Gasteiger partial charge in [0.2, 0.25) is 0 Å². The average Bonchev–Trinajstić information content (AvgIpc) is 2.16. The Hall–Kier alpha value is -0.370. The average molecular weight is 184 g/mol. The molecule has 77 valence electrons. The predicted molar refractivity (Wildman–Crippen MR) is 56.6 cm³/mol. The summed E-state index contributed by atoms with van der Waals surface area (Å²) in [5.41, 5.74) is 0. The van der Waals surface area contributed by atoms with Crippen LogP contribution in [0.15, 0.2) is 0 Å². The largest absolute Gasteiger partial charge is 0.320 e. The minimum absolute atomic E-state index is 0.625. The van der Waals surface area contributed by atoms with Crippen molar-refractivity contribution in [2.24, 2.45) is 0 Å². The number of rotatable bonds is 10. The van der Waals surface area contributed by atoms with E-state index in [9.17, 15) is 4.79 Å². The van der Waals surface area contributed by atoms with E-state index in [-0.39, 0.29) is 0 Å². The maximum absolute atomic E-state index is 9.88. The Bertz CT molecular complexity index is 104. The van der Waals surface area contributed by atoms with Gasteiger partial charge in [-0.3, -0.25) is 4.79 Å². The van der Waals surface area contributed by atoms with Crippen molar-refractivity contribution < 1.29 is 4.79 Å². The molecule has 0 atom stereocenters. The van der Waals surface area contributed by atoms with Gasteiger partial charge in [-0.25, -0.2) is 0 Å². The quantitative estimate of drug-likeness (QED) is 0.528. The zero-order chi connectivity index (χ0) is 9.78. The van der Waals surface area contributed by atoms with Crippen molar-refractivity contribution in [3.8, 4) is 0 Å². The van der Waals surface area contributed by atoms with Crippen molar-refractivity contribution >= 4 is 6.29 Å². The Morgan fingerprint density at radius 1 is 0.923 bits per heavy atom. The minimum atomic E-state index is 0.625. The van der Waals surface area contributed by atoms with Crippen LogP contribution in [0, 0.1) is 0 Å². The maximum Gasteiger partial charge on any atom is 0.198 e. The first-order chi connectivity index (χ1) is 6.41. The van der Waals surface area contributed by atoms with Crippen LogP contribution >= 0.6 is 0 Å². The van der Waals surface area contributed by atoms with E-state index in [0.29, 0.717) is 6.42 Å². The number of hydrogen-bond acceptors (Lipinski definition) is 2. The standard InChI is InChI=1S/C11H22NO/c1-12-10-8-6-4-2-3-5-7-9-11-13/h12H,2-10H2,1H3. The predicted octanol–water partition coefficient (Wildman–Crippen LogP) is 2.44. The lowest BCUT2D eigenvalue weighted by Crippen LogP contribution is -2.06. The molecule has 0 heterocycles. The minimum Gasteiger partial charge on any atom is -0.320 e. The van der Waals surface area contributed by atoms with Gasteiger partial charge in [-0.15, -0.1) is 0 Å². The molecule has 0 fully saturated rings. The molecule has 0 aliphatic heterocycles. The lowest BCUT2D eigenvalue weighted by molar-refractivity contribution is 0.538. The lowest BCUT2D eigenvalue weighted by atomic mass is 10.1. The Labute approximate surface area is 82.1 Å². The second-order valence-electron chi connectivity index (χ2n) is 3.47. The summed E-state index contributed by atoms with van der Waals surface area (Å²) in [5, 5.41) is 3.14. The smallest absolute Gasteiger partial charge is 0.198 e. The second-order valence-corrected chi connectivity index (χ2v) is 3.47. The van der Waals surface area contributed by atoms with Crippen LogP contribution in [0.2, 0.25) is 0 Å². The van der Waals surface area contributed by atoms with E-state index in [1.54, 1.807) is 0 Å². The molecule has 0 unspecified atom stereocenters. The van der Waals surface area contributed by atoms with Crippen molar-refractivity contribution in [1.29, 1.82) is 0 Å². The zero-order valence-corrected chi connectivity index (χ0v) is 8.77. The van der Waals surface area contributed by atoms with Gasteiger partial charge in [0.1, 0.15) is 0 Å². The van der Waals surface area contributed by atoms with Gasteiger partial charge in [0.25, 0.3) is 0 Å². The molecule has 0 bridgehead atoms. The molecule has 0 amide bonds. The molecule has 0 aromatic carbocycles. The Kier molecular flexibility index (Phi) is 11.3. The van der Waals surface area contributed by atoms with Crippen LogP contribution in [0.25, 0.3) is 0 Å². The van der Waals surface area contributed by atoms with Crippen LogP contribution in [-0.4, -0.2) is 19.9 Å². The summed E-state index contributed by atoms with van der Waals surface area (Å²) in [6.07, 6.45) is 11.3. The van der Waals surface area contributed by atoms with Crippen molar-refractivity contribution in [3.05, 3.63) is 0 Å². The molecule has 0 saturated carbocycles. The number of unbranched alkanes of at least 4 members (excludes halogenated alkanes) is 7. The van der Waals surface area contributed by atoms with Gasteiger partial charge in [-0.1, -0.05) is 32.1 Å². The molecule has 13 heavy (non-hydrogen) atoms. The monoisotopic (exact) mass is 184 g/mol. The van der Waals surface area contributed by atoms with Crippen LogP contribution in [0.3, 0.4) is 0 Å². The first kappa shape index (κ1) is 12.6. The molecule has 0 saturated heterocycles. The van der Waals surface area contributed by atoms with Crippen molar-refractivity contribution in [3.63, 3.8) is 0 Å². The molecule has 0 rings (SSSR count). The Morgan fingerprint density at radius 3 is 2.00 bits per heavy atom. The van der Waals surface area contributed by atoms with E-state index < -0.39 is 0 Å². The lowest BCUT2D eigenvalue weighted by Gasteiger charge is -2.00. The molecule has 2 nitrogen and oxygen atoms in total. The van der Waals surface area contributed by atoms with E-state index in [1.165, 1.54) is 38.5 Å². The summed E-state index contributed by atoms with van der Waals surface area (Å²) in [6, 6.07) is 0. The van der Waals surface area contributed by atoms with Gasteiger partial charge in [-0.2, -0.15) is 0 Å². The first-order valence-corrected chi connectivity index (χ1v) is 5.41. The van der Waals surface area contributed by atoms with Gasteiger partial charge < -0.3 is 5.32 Å². The number of carbonyl (C=O) groups excluding carboxylic acids is 1. The summed E-state index contributed by atoms with van der Waals surface area (Å²) < 4.78 is 0. The van der Waals surface area contributed by atoms with Gasteiger partial charge in [0.15, 0.2) is 6.29 Å². The molecule has 0 aliphatic rings. The molecular weight excluding hydrogens is 162 g/mol. The van der Waals surface area contributed by atoms with Gasteiger partial charge in [0, 0.05) is 6.42 Å². The molecule has 0 aromatic heterocycles. The van der Waals surface area contributed by atoms with E-state index >= 15 is 0 Å². The van der Waals surface area contributed by atoms with E-state index in [2.05, 4.69) is 5.32 Å².